The lowest BCUT2D eigenvalue weighted by Gasteiger charge is -2.25. The molecule has 0 aliphatic heterocycles. The van der Waals surface area contributed by atoms with Gasteiger partial charge in [0.1, 0.15) is 0 Å². The molecule has 0 amide bonds. The van der Waals surface area contributed by atoms with Gasteiger partial charge in [0, 0.05) is 17.1 Å². The Kier molecular flexibility index (Phi) is 6.68. The molecule has 49 heavy (non-hydrogen) atoms. The van der Waals surface area contributed by atoms with Crippen LogP contribution in [0.5, 0.6) is 0 Å². The fourth-order valence-electron chi connectivity index (χ4n) is 7.10. The van der Waals surface area contributed by atoms with Gasteiger partial charge in [0.2, 0.25) is 0 Å². The van der Waals surface area contributed by atoms with Crippen molar-refractivity contribution in [1.82, 2.24) is 0 Å². The van der Waals surface area contributed by atoms with Crippen LogP contribution in [0.2, 0.25) is 0 Å². The van der Waals surface area contributed by atoms with Crippen molar-refractivity contribution < 1.29 is 2.74 Å². The topological polar surface area (TPSA) is 3.24 Å². The van der Waals surface area contributed by atoms with E-state index in [4.69, 9.17) is 0 Å². The smallest absolute Gasteiger partial charge is 0.0629 e. The molecule has 0 radical (unpaired) electrons. The third kappa shape index (κ3) is 5.32. The van der Waals surface area contributed by atoms with Crippen LogP contribution in [0.1, 0.15) is 13.9 Å². The molecule has 0 saturated carbocycles. The van der Waals surface area contributed by atoms with E-state index in [9.17, 15) is 2.74 Å². The van der Waals surface area contributed by atoms with E-state index >= 15 is 0 Å². The first kappa shape index (κ1) is 26.6. The lowest BCUT2D eigenvalue weighted by molar-refractivity contribution is 1.29. The number of rotatable bonds is 6. The molecule has 9 rings (SSSR count). The minimum Gasteiger partial charge on any atom is -0.310 e. The highest BCUT2D eigenvalue weighted by atomic mass is 15.1. The summed E-state index contributed by atoms with van der Waals surface area (Å²) in [5.74, 6) is 0. The molecule has 0 fully saturated rings. The molecule has 9 aromatic rings. The van der Waals surface area contributed by atoms with Crippen molar-refractivity contribution in [3.05, 3.63) is 199 Å². The van der Waals surface area contributed by atoms with Crippen molar-refractivity contribution in [3.63, 3.8) is 0 Å². The van der Waals surface area contributed by atoms with E-state index in [0.29, 0.717) is 0 Å². The van der Waals surface area contributed by atoms with E-state index in [1.165, 1.54) is 16.5 Å². The summed E-state index contributed by atoms with van der Waals surface area (Å²) in [6.45, 7) is 0. The lowest BCUT2D eigenvalue weighted by atomic mass is 9.89. The molecule has 0 bridgehead atoms. The average molecular weight is 626 g/mol. The van der Waals surface area contributed by atoms with Crippen LogP contribution < -0.4 is 4.90 Å². The van der Waals surface area contributed by atoms with E-state index in [2.05, 4.69) is 157 Å². The molecule has 9 aromatic carbocycles. The van der Waals surface area contributed by atoms with Gasteiger partial charge in [-0.15, -0.1) is 0 Å². The summed E-state index contributed by atoms with van der Waals surface area (Å²) < 4.78 is 18.8. The highest BCUT2D eigenvalue weighted by Crippen LogP contribution is 2.40. The van der Waals surface area contributed by atoms with Crippen molar-refractivity contribution >= 4 is 72.3 Å². The van der Waals surface area contributed by atoms with Gasteiger partial charge in [-0.1, -0.05) is 146 Å². The highest BCUT2D eigenvalue weighted by Gasteiger charge is 2.14. The number of hydrogen-bond acceptors (Lipinski definition) is 1. The molecule has 0 aromatic heterocycles. The largest absolute Gasteiger partial charge is 0.310 e. The van der Waals surface area contributed by atoms with Gasteiger partial charge in [0.25, 0.3) is 0 Å². The Hall–Kier alpha value is -6.44. The van der Waals surface area contributed by atoms with E-state index in [1.807, 2.05) is 36.4 Å². The molecule has 0 atom stereocenters. The minimum atomic E-state index is 0.200. The van der Waals surface area contributed by atoms with Crippen LogP contribution in [0, 0.1) is 0 Å². The first-order chi connectivity index (χ1) is 25.1. The molecule has 0 spiro atoms. The summed E-state index contributed by atoms with van der Waals surface area (Å²) in [6, 6.07) is 65.5. The molecular weight excluding hydrogens is 591 g/mol. The Bertz CT molecular complexity index is 2720. The van der Waals surface area contributed by atoms with Crippen LogP contribution in [0.3, 0.4) is 0 Å². The first-order valence-corrected chi connectivity index (χ1v) is 16.7. The maximum absolute atomic E-state index is 9.47. The average Bonchev–Trinajstić information content (AvgIpc) is 3.20. The standard InChI is InChI=1S/C48H33N/c1-4-14-35(15-5-1)46-33-48-43-21-11-10-20-42(43)38(32-47(48)45-23-13-12-22-44(45)46)27-25-34-24-26-37-31-41(29-28-36(37)30-34)49(39-16-6-2-7-17-39)40-18-8-3-9-19-40/h1-33H/b27-25+/i25D,27D. The normalized spacial score (nSPS) is 12.6. The fourth-order valence-corrected chi connectivity index (χ4v) is 7.10. The lowest BCUT2D eigenvalue weighted by Crippen LogP contribution is -2.09. The van der Waals surface area contributed by atoms with Crippen LogP contribution in [0.4, 0.5) is 17.1 Å². The van der Waals surface area contributed by atoms with Crippen LogP contribution >= 0.6 is 0 Å². The van der Waals surface area contributed by atoms with Gasteiger partial charge < -0.3 is 4.90 Å². The zero-order valence-corrected chi connectivity index (χ0v) is 26.8. The van der Waals surface area contributed by atoms with E-state index in [0.717, 1.165) is 65.9 Å². The summed E-state index contributed by atoms with van der Waals surface area (Å²) in [6.07, 6.45) is 0. The predicted octanol–water partition coefficient (Wildman–Crippen LogP) is 13.6. The monoisotopic (exact) mass is 625 g/mol. The Morgan fingerprint density at radius 3 is 1.59 bits per heavy atom. The summed E-state index contributed by atoms with van der Waals surface area (Å²) >= 11 is 0. The van der Waals surface area contributed by atoms with Crippen molar-refractivity contribution in [2.75, 3.05) is 4.90 Å². The Labute approximate surface area is 289 Å². The zero-order chi connectivity index (χ0) is 34.3. The highest BCUT2D eigenvalue weighted by molar-refractivity contribution is 6.22. The van der Waals surface area contributed by atoms with Crippen LogP contribution in [-0.2, 0) is 0 Å². The Balaban J connectivity index is 1.17. The second-order valence-electron chi connectivity index (χ2n) is 12.4. The molecule has 0 unspecified atom stereocenters. The summed E-state index contributed by atoms with van der Waals surface area (Å²) in [7, 11) is 0. The fraction of sp³-hybridized carbons (Fsp3) is 0. The van der Waals surface area contributed by atoms with E-state index < -0.39 is 0 Å². The molecule has 0 N–H and O–H groups in total. The predicted molar refractivity (Wildman–Crippen MR) is 212 cm³/mol. The van der Waals surface area contributed by atoms with Crippen molar-refractivity contribution in [2.24, 2.45) is 0 Å². The molecule has 0 aliphatic rings. The second-order valence-corrected chi connectivity index (χ2v) is 12.4. The molecule has 230 valence electrons. The maximum Gasteiger partial charge on any atom is 0.0629 e. The second kappa shape index (κ2) is 12.3. The number of hydrogen-bond donors (Lipinski definition) is 0. The minimum absolute atomic E-state index is 0.200. The SMILES string of the molecule is [2H]/C(=C(/[2H])c1cc2c3ccccc3c(-c3ccccc3)cc2c2ccccc12)c1ccc2cc(N(c3ccccc3)c3ccccc3)ccc2c1. The van der Waals surface area contributed by atoms with Gasteiger partial charge in [-0.3, -0.25) is 0 Å². The third-order valence-corrected chi connectivity index (χ3v) is 9.42. The van der Waals surface area contributed by atoms with Crippen LogP contribution in [0.25, 0.3) is 66.3 Å². The van der Waals surface area contributed by atoms with Crippen LogP contribution in [0.15, 0.2) is 188 Å². The van der Waals surface area contributed by atoms with Crippen molar-refractivity contribution in [3.8, 4) is 11.1 Å². The number of para-hydroxylation sites is 2. The van der Waals surface area contributed by atoms with Gasteiger partial charge in [0.05, 0.1) is 2.74 Å². The Morgan fingerprint density at radius 1 is 0.367 bits per heavy atom. The molecule has 0 heterocycles. The molecule has 1 heteroatoms. The summed E-state index contributed by atoms with van der Waals surface area (Å²) in [4.78, 5) is 2.25. The van der Waals surface area contributed by atoms with Gasteiger partial charge in [0.15, 0.2) is 0 Å². The van der Waals surface area contributed by atoms with Gasteiger partial charge in [-0.05, 0) is 120 Å². The van der Waals surface area contributed by atoms with Gasteiger partial charge in [-0.25, -0.2) is 0 Å². The number of fused-ring (bicyclic) bond motifs is 6. The quantitative estimate of drug-likeness (QED) is 0.131. The summed E-state index contributed by atoms with van der Waals surface area (Å²) in [5, 5.41) is 8.70. The number of anilines is 3. The van der Waals surface area contributed by atoms with E-state index in [-0.39, 0.29) is 12.1 Å². The summed E-state index contributed by atoms with van der Waals surface area (Å²) in [5.41, 5.74) is 7.07. The molecule has 0 saturated heterocycles. The Morgan fingerprint density at radius 2 is 0.898 bits per heavy atom. The van der Waals surface area contributed by atoms with Crippen molar-refractivity contribution in [2.45, 2.75) is 0 Å². The van der Waals surface area contributed by atoms with Crippen LogP contribution in [-0.4, -0.2) is 0 Å². The number of nitrogens with zero attached hydrogens (tertiary/aromatic N) is 1. The molecular formula is C48H33N. The van der Waals surface area contributed by atoms with Gasteiger partial charge >= 0.3 is 0 Å². The maximum atomic E-state index is 9.47. The third-order valence-electron chi connectivity index (χ3n) is 9.42. The first-order valence-electron chi connectivity index (χ1n) is 17.7. The zero-order valence-electron chi connectivity index (χ0n) is 28.8. The number of benzene rings is 9. The van der Waals surface area contributed by atoms with Crippen molar-refractivity contribution in [1.29, 1.82) is 0 Å². The molecule has 1 nitrogen and oxygen atoms in total. The van der Waals surface area contributed by atoms with Gasteiger partial charge in [-0.2, -0.15) is 0 Å². The molecule has 0 aliphatic carbocycles. The van der Waals surface area contributed by atoms with E-state index in [1.54, 1.807) is 0 Å².